The zero-order valence-corrected chi connectivity index (χ0v) is 12.5. The molecule has 20 heavy (non-hydrogen) atoms. The van der Waals surface area contributed by atoms with Crippen LogP contribution in [0.2, 0.25) is 0 Å². The van der Waals surface area contributed by atoms with E-state index in [0.29, 0.717) is 6.54 Å². The Morgan fingerprint density at radius 1 is 1.40 bits per heavy atom. The van der Waals surface area contributed by atoms with Gasteiger partial charge >= 0.3 is 5.97 Å². The second-order valence-electron chi connectivity index (χ2n) is 5.75. The van der Waals surface area contributed by atoms with Crippen LogP contribution < -0.4 is 5.32 Å². The molecule has 0 saturated carbocycles. The van der Waals surface area contributed by atoms with Crippen LogP contribution in [-0.2, 0) is 16.1 Å². The van der Waals surface area contributed by atoms with Gasteiger partial charge in [-0.2, -0.15) is 5.10 Å². The summed E-state index contributed by atoms with van der Waals surface area (Å²) in [4.78, 5) is 23.3. The molecule has 0 spiro atoms. The fourth-order valence-corrected chi connectivity index (χ4v) is 1.92. The number of aromatic nitrogens is 2. The minimum absolute atomic E-state index is 0.0244. The van der Waals surface area contributed by atoms with Crippen molar-refractivity contribution in [3.8, 4) is 0 Å². The molecule has 0 aliphatic carbocycles. The summed E-state index contributed by atoms with van der Waals surface area (Å²) >= 11 is 0. The molecule has 6 heteroatoms. The maximum atomic E-state index is 12.0. The average molecular weight is 281 g/mol. The van der Waals surface area contributed by atoms with Crippen LogP contribution in [0.1, 0.15) is 34.1 Å². The van der Waals surface area contributed by atoms with E-state index in [0.717, 1.165) is 0 Å². The summed E-state index contributed by atoms with van der Waals surface area (Å²) in [6.45, 7) is 7.66. The van der Waals surface area contributed by atoms with Crippen LogP contribution in [-0.4, -0.2) is 32.8 Å². The van der Waals surface area contributed by atoms with Crippen molar-refractivity contribution >= 4 is 11.9 Å². The monoisotopic (exact) mass is 281 g/mol. The van der Waals surface area contributed by atoms with Crippen LogP contribution in [0.3, 0.4) is 0 Å². The molecule has 0 radical (unpaired) electrons. The van der Waals surface area contributed by atoms with Gasteiger partial charge in [-0.25, -0.2) is 0 Å². The molecule has 1 aromatic rings. The third kappa shape index (κ3) is 4.08. The van der Waals surface area contributed by atoms with E-state index < -0.39 is 11.4 Å². The molecule has 0 aromatic carbocycles. The topological polar surface area (TPSA) is 84.2 Å². The number of amides is 1. The van der Waals surface area contributed by atoms with E-state index in [1.54, 1.807) is 17.8 Å². The molecule has 1 aromatic heterocycles. The second-order valence-corrected chi connectivity index (χ2v) is 5.75. The van der Waals surface area contributed by atoms with Gasteiger partial charge in [-0.15, -0.1) is 0 Å². The second kappa shape index (κ2) is 6.54. The summed E-state index contributed by atoms with van der Waals surface area (Å²) in [7, 11) is 0. The summed E-state index contributed by atoms with van der Waals surface area (Å²) in [6.07, 6.45) is 3.47. The standard InChI is InChI=1S/C14H23N3O3/c1-10(2)14(4,13(19)20)8-12(18)16-11(3)9-17-7-5-6-15-17/h5-7,10-11H,8-9H2,1-4H3,(H,16,18)(H,19,20). The predicted octanol–water partition coefficient (Wildman–Crippen LogP) is 1.52. The molecule has 0 aliphatic rings. The molecule has 0 fully saturated rings. The Hall–Kier alpha value is -1.85. The molecular weight excluding hydrogens is 258 g/mol. The number of carbonyl (C=O) groups excluding carboxylic acids is 1. The number of rotatable bonds is 7. The van der Waals surface area contributed by atoms with Crippen molar-refractivity contribution in [2.24, 2.45) is 11.3 Å². The van der Waals surface area contributed by atoms with Gasteiger partial charge < -0.3 is 10.4 Å². The van der Waals surface area contributed by atoms with Crippen LogP contribution in [0.25, 0.3) is 0 Å². The third-order valence-corrected chi connectivity index (χ3v) is 3.72. The SMILES string of the molecule is CC(Cn1cccn1)NC(=O)CC(C)(C(=O)O)C(C)C. The highest BCUT2D eigenvalue weighted by atomic mass is 16.4. The first-order valence-corrected chi connectivity index (χ1v) is 6.76. The Labute approximate surface area is 119 Å². The lowest BCUT2D eigenvalue weighted by Crippen LogP contribution is -2.42. The van der Waals surface area contributed by atoms with Gasteiger partial charge in [-0.1, -0.05) is 13.8 Å². The van der Waals surface area contributed by atoms with Crippen LogP contribution in [0.4, 0.5) is 0 Å². The maximum Gasteiger partial charge on any atom is 0.310 e. The van der Waals surface area contributed by atoms with Crippen molar-refractivity contribution in [1.82, 2.24) is 15.1 Å². The molecule has 0 aliphatic heterocycles. The molecule has 112 valence electrons. The summed E-state index contributed by atoms with van der Waals surface area (Å²) < 4.78 is 1.73. The van der Waals surface area contributed by atoms with Crippen molar-refractivity contribution in [3.05, 3.63) is 18.5 Å². The lowest BCUT2D eigenvalue weighted by atomic mass is 9.76. The number of hydrogen-bond acceptors (Lipinski definition) is 3. The van der Waals surface area contributed by atoms with Crippen LogP contribution in [0.15, 0.2) is 18.5 Å². The van der Waals surface area contributed by atoms with Crippen molar-refractivity contribution in [2.75, 3.05) is 0 Å². The van der Waals surface area contributed by atoms with E-state index in [4.69, 9.17) is 0 Å². The summed E-state index contributed by atoms with van der Waals surface area (Å²) in [5.41, 5.74) is -1.05. The van der Waals surface area contributed by atoms with Gasteiger partial charge in [0.15, 0.2) is 0 Å². The minimum atomic E-state index is -1.05. The fraction of sp³-hybridized carbons (Fsp3) is 0.643. The van der Waals surface area contributed by atoms with Crippen LogP contribution in [0.5, 0.6) is 0 Å². The quantitative estimate of drug-likeness (QED) is 0.793. The Kier molecular flexibility index (Phi) is 5.30. The van der Waals surface area contributed by atoms with Crippen molar-refractivity contribution in [1.29, 1.82) is 0 Å². The molecule has 6 nitrogen and oxygen atoms in total. The number of carboxylic acid groups (broad SMARTS) is 1. The number of carbonyl (C=O) groups is 2. The first-order chi connectivity index (χ1) is 9.25. The van der Waals surface area contributed by atoms with Gasteiger partial charge in [-0.05, 0) is 25.8 Å². The highest BCUT2D eigenvalue weighted by Crippen LogP contribution is 2.31. The van der Waals surface area contributed by atoms with E-state index in [9.17, 15) is 14.7 Å². The lowest BCUT2D eigenvalue weighted by molar-refractivity contribution is -0.153. The molecule has 1 amide bonds. The largest absolute Gasteiger partial charge is 0.481 e. The fourth-order valence-electron chi connectivity index (χ4n) is 1.92. The first kappa shape index (κ1) is 16.2. The first-order valence-electron chi connectivity index (χ1n) is 6.76. The maximum absolute atomic E-state index is 12.0. The Morgan fingerprint density at radius 3 is 2.50 bits per heavy atom. The molecule has 1 rings (SSSR count). The van der Waals surface area contributed by atoms with E-state index in [1.807, 2.05) is 33.0 Å². The highest BCUT2D eigenvalue weighted by molar-refractivity contribution is 5.85. The van der Waals surface area contributed by atoms with Gasteiger partial charge in [0.2, 0.25) is 5.91 Å². The van der Waals surface area contributed by atoms with Crippen LogP contribution in [0, 0.1) is 11.3 Å². The number of hydrogen-bond donors (Lipinski definition) is 2. The number of carboxylic acids is 1. The van der Waals surface area contributed by atoms with E-state index >= 15 is 0 Å². The van der Waals surface area contributed by atoms with Gasteiger partial charge in [0.05, 0.1) is 12.0 Å². The Balaban J connectivity index is 2.56. The molecular formula is C14H23N3O3. The average Bonchev–Trinajstić information content (AvgIpc) is 2.80. The van der Waals surface area contributed by atoms with Crippen molar-refractivity contribution in [2.45, 2.75) is 46.7 Å². The van der Waals surface area contributed by atoms with Crippen molar-refractivity contribution in [3.63, 3.8) is 0 Å². The van der Waals surface area contributed by atoms with Crippen LogP contribution >= 0.6 is 0 Å². The van der Waals surface area contributed by atoms with E-state index in [1.165, 1.54) is 0 Å². The molecule has 2 atom stereocenters. The van der Waals surface area contributed by atoms with E-state index in [-0.39, 0.29) is 24.3 Å². The smallest absolute Gasteiger partial charge is 0.310 e. The zero-order valence-electron chi connectivity index (χ0n) is 12.5. The predicted molar refractivity (Wildman–Crippen MR) is 75.0 cm³/mol. The van der Waals surface area contributed by atoms with Gasteiger partial charge in [0.1, 0.15) is 0 Å². The minimum Gasteiger partial charge on any atom is -0.481 e. The number of nitrogens with one attached hydrogen (secondary N) is 1. The number of aliphatic carboxylic acids is 1. The van der Waals surface area contributed by atoms with Gasteiger partial charge in [-0.3, -0.25) is 14.3 Å². The molecule has 2 N–H and O–H groups in total. The summed E-state index contributed by atoms with van der Waals surface area (Å²) in [5, 5.41) is 16.2. The molecule has 1 heterocycles. The molecule has 2 unspecified atom stereocenters. The highest BCUT2D eigenvalue weighted by Gasteiger charge is 2.38. The Bertz CT molecular complexity index is 456. The third-order valence-electron chi connectivity index (χ3n) is 3.72. The van der Waals surface area contributed by atoms with Crippen molar-refractivity contribution < 1.29 is 14.7 Å². The summed E-state index contributed by atoms with van der Waals surface area (Å²) in [5.74, 6) is -1.31. The summed E-state index contributed by atoms with van der Waals surface area (Å²) in [6, 6.07) is 1.71. The number of nitrogens with zero attached hydrogens (tertiary/aromatic N) is 2. The van der Waals surface area contributed by atoms with Gasteiger partial charge in [0.25, 0.3) is 0 Å². The molecule has 0 bridgehead atoms. The normalized spacial score (nSPS) is 15.7. The van der Waals surface area contributed by atoms with E-state index in [2.05, 4.69) is 10.4 Å². The Morgan fingerprint density at radius 2 is 2.05 bits per heavy atom. The zero-order chi connectivity index (χ0) is 15.3. The lowest BCUT2D eigenvalue weighted by Gasteiger charge is -2.29. The van der Waals surface area contributed by atoms with Gasteiger partial charge in [0, 0.05) is 24.9 Å². The molecule has 0 saturated heterocycles.